The van der Waals surface area contributed by atoms with Crippen molar-refractivity contribution in [3.8, 4) is 5.75 Å². The van der Waals surface area contributed by atoms with Crippen molar-refractivity contribution in [2.24, 2.45) is 0 Å². The highest BCUT2D eigenvalue weighted by Gasteiger charge is 2.09. The molecule has 4 heteroatoms. The van der Waals surface area contributed by atoms with Gasteiger partial charge in [0.15, 0.2) is 0 Å². The highest BCUT2D eigenvalue weighted by molar-refractivity contribution is 7.98. The molecular formula is C22H21NO2S. The Bertz CT molecular complexity index is 902. The van der Waals surface area contributed by atoms with E-state index in [0.717, 1.165) is 16.9 Å². The molecule has 0 fully saturated rings. The van der Waals surface area contributed by atoms with Crippen molar-refractivity contribution in [1.82, 2.24) is 0 Å². The van der Waals surface area contributed by atoms with E-state index in [1.807, 2.05) is 37.3 Å². The van der Waals surface area contributed by atoms with Crippen LogP contribution in [0.5, 0.6) is 5.75 Å². The van der Waals surface area contributed by atoms with Gasteiger partial charge in [-0.2, -0.15) is 0 Å². The van der Waals surface area contributed by atoms with Crippen molar-refractivity contribution in [2.75, 3.05) is 5.32 Å². The van der Waals surface area contributed by atoms with Gasteiger partial charge in [-0.3, -0.25) is 4.79 Å². The smallest absolute Gasteiger partial charge is 0.255 e. The molecule has 0 aliphatic rings. The molecule has 0 heterocycles. The predicted molar refractivity (Wildman–Crippen MR) is 108 cm³/mol. The summed E-state index contributed by atoms with van der Waals surface area (Å²) in [6.45, 7) is 3.97. The molecule has 2 N–H and O–H groups in total. The van der Waals surface area contributed by atoms with Gasteiger partial charge in [0.05, 0.1) is 5.69 Å². The van der Waals surface area contributed by atoms with Gasteiger partial charge in [0.2, 0.25) is 0 Å². The number of hydrogen-bond acceptors (Lipinski definition) is 3. The molecule has 0 aliphatic heterocycles. The molecule has 1 amide bonds. The van der Waals surface area contributed by atoms with Crippen LogP contribution in [0.15, 0.2) is 71.6 Å². The molecule has 3 nitrogen and oxygen atoms in total. The molecule has 3 aromatic rings. The van der Waals surface area contributed by atoms with Crippen molar-refractivity contribution >= 4 is 23.4 Å². The van der Waals surface area contributed by atoms with Crippen LogP contribution in [0.25, 0.3) is 0 Å². The van der Waals surface area contributed by atoms with Crippen LogP contribution in [0.4, 0.5) is 5.69 Å². The van der Waals surface area contributed by atoms with E-state index >= 15 is 0 Å². The lowest BCUT2D eigenvalue weighted by Crippen LogP contribution is -2.12. The van der Waals surface area contributed by atoms with E-state index in [4.69, 9.17) is 0 Å². The van der Waals surface area contributed by atoms with Crippen molar-refractivity contribution in [3.05, 3.63) is 89.0 Å². The number of thioether (sulfide) groups is 1. The third-order valence-corrected chi connectivity index (χ3v) is 5.13. The fourth-order valence-electron chi connectivity index (χ4n) is 2.50. The first-order chi connectivity index (χ1) is 12.5. The first-order valence-electron chi connectivity index (χ1n) is 8.40. The van der Waals surface area contributed by atoms with E-state index in [2.05, 4.69) is 36.5 Å². The van der Waals surface area contributed by atoms with Gasteiger partial charge >= 0.3 is 0 Å². The summed E-state index contributed by atoms with van der Waals surface area (Å²) in [5, 5.41) is 12.7. The first-order valence-corrected chi connectivity index (χ1v) is 9.39. The second-order valence-corrected chi connectivity index (χ2v) is 7.32. The molecule has 0 spiro atoms. The minimum atomic E-state index is -0.234. The molecule has 3 rings (SSSR count). The second-order valence-electron chi connectivity index (χ2n) is 6.27. The third kappa shape index (κ3) is 4.67. The normalized spacial score (nSPS) is 10.5. The Morgan fingerprint density at radius 3 is 2.23 bits per heavy atom. The number of phenols is 1. The highest BCUT2D eigenvalue weighted by Crippen LogP contribution is 2.25. The standard InChI is InChI=1S/C22H21NO2S/c1-15-3-10-19(11-4-15)26-14-17-6-8-18(9-7-17)22(25)23-20-12-5-16(2)13-21(20)24/h3-13,24H,14H2,1-2H3,(H,23,25). The number of nitrogens with one attached hydrogen (secondary N) is 1. The zero-order valence-corrected chi connectivity index (χ0v) is 15.6. The molecule has 0 atom stereocenters. The number of carbonyl (C=O) groups is 1. The summed E-state index contributed by atoms with van der Waals surface area (Å²) in [5.74, 6) is 0.690. The van der Waals surface area contributed by atoms with Gasteiger partial charge in [-0.05, 0) is 61.4 Å². The van der Waals surface area contributed by atoms with Gasteiger partial charge in [0.1, 0.15) is 5.75 Å². The number of anilines is 1. The molecule has 0 saturated carbocycles. The average molecular weight is 363 g/mol. The van der Waals surface area contributed by atoms with E-state index < -0.39 is 0 Å². The Morgan fingerprint density at radius 1 is 0.923 bits per heavy atom. The molecular weight excluding hydrogens is 342 g/mol. The lowest BCUT2D eigenvalue weighted by atomic mass is 10.1. The average Bonchev–Trinajstić information content (AvgIpc) is 2.64. The van der Waals surface area contributed by atoms with Crippen LogP contribution in [0.3, 0.4) is 0 Å². The van der Waals surface area contributed by atoms with E-state index in [1.54, 1.807) is 23.9 Å². The number of aromatic hydroxyl groups is 1. The van der Waals surface area contributed by atoms with Gasteiger partial charge < -0.3 is 10.4 Å². The number of carbonyl (C=O) groups excluding carboxylic acids is 1. The van der Waals surface area contributed by atoms with Crippen molar-refractivity contribution in [3.63, 3.8) is 0 Å². The van der Waals surface area contributed by atoms with Gasteiger partial charge in [-0.25, -0.2) is 0 Å². The maximum Gasteiger partial charge on any atom is 0.255 e. The van der Waals surface area contributed by atoms with Gasteiger partial charge in [0, 0.05) is 16.2 Å². The van der Waals surface area contributed by atoms with Gasteiger partial charge in [0.25, 0.3) is 5.91 Å². The van der Waals surface area contributed by atoms with Gasteiger partial charge in [-0.15, -0.1) is 11.8 Å². The first kappa shape index (κ1) is 18.1. The lowest BCUT2D eigenvalue weighted by molar-refractivity contribution is 0.102. The third-order valence-electron chi connectivity index (χ3n) is 4.04. The lowest BCUT2D eigenvalue weighted by Gasteiger charge is -2.09. The van der Waals surface area contributed by atoms with Crippen LogP contribution in [-0.2, 0) is 5.75 Å². The van der Waals surface area contributed by atoms with Crippen LogP contribution in [-0.4, -0.2) is 11.0 Å². The Balaban J connectivity index is 1.61. The number of benzene rings is 3. The van der Waals surface area contributed by atoms with Gasteiger partial charge in [-0.1, -0.05) is 35.9 Å². The van der Waals surface area contributed by atoms with E-state index in [1.165, 1.54) is 10.5 Å². The van der Waals surface area contributed by atoms with E-state index in [9.17, 15) is 9.90 Å². The molecule has 0 radical (unpaired) electrons. The summed E-state index contributed by atoms with van der Waals surface area (Å²) in [6.07, 6.45) is 0. The number of amides is 1. The van der Waals surface area contributed by atoms with Crippen molar-refractivity contribution < 1.29 is 9.90 Å². The number of aryl methyl sites for hydroxylation is 2. The van der Waals surface area contributed by atoms with Crippen molar-refractivity contribution in [2.45, 2.75) is 24.5 Å². The topological polar surface area (TPSA) is 49.3 Å². The zero-order valence-electron chi connectivity index (χ0n) is 14.8. The largest absolute Gasteiger partial charge is 0.506 e. The highest BCUT2D eigenvalue weighted by atomic mass is 32.2. The van der Waals surface area contributed by atoms with Crippen LogP contribution < -0.4 is 5.32 Å². The van der Waals surface area contributed by atoms with E-state index in [-0.39, 0.29) is 11.7 Å². The Labute approximate surface area is 158 Å². The molecule has 0 aromatic heterocycles. The number of hydrogen-bond donors (Lipinski definition) is 2. The Morgan fingerprint density at radius 2 is 1.58 bits per heavy atom. The fraction of sp³-hybridized carbons (Fsp3) is 0.136. The molecule has 26 heavy (non-hydrogen) atoms. The summed E-state index contributed by atoms with van der Waals surface area (Å²) < 4.78 is 0. The maximum absolute atomic E-state index is 12.3. The minimum absolute atomic E-state index is 0.0736. The Kier molecular flexibility index (Phi) is 5.64. The Hall–Kier alpha value is -2.72. The fourth-order valence-corrected chi connectivity index (χ4v) is 3.35. The maximum atomic E-state index is 12.3. The van der Waals surface area contributed by atoms with Crippen LogP contribution in [0.1, 0.15) is 27.0 Å². The molecule has 0 unspecified atom stereocenters. The number of phenolic OH excluding ortho intramolecular Hbond substituents is 1. The molecule has 0 saturated heterocycles. The van der Waals surface area contributed by atoms with Crippen LogP contribution >= 0.6 is 11.8 Å². The zero-order chi connectivity index (χ0) is 18.5. The summed E-state index contributed by atoms with van der Waals surface area (Å²) in [5.41, 5.74) is 4.33. The quantitative estimate of drug-likeness (QED) is 0.461. The van der Waals surface area contributed by atoms with E-state index in [0.29, 0.717) is 11.3 Å². The van der Waals surface area contributed by atoms with Crippen LogP contribution in [0, 0.1) is 13.8 Å². The summed E-state index contributed by atoms with van der Waals surface area (Å²) in [7, 11) is 0. The molecule has 3 aromatic carbocycles. The second kappa shape index (κ2) is 8.11. The van der Waals surface area contributed by atoms with Crippen molar-refractivity contribution in [1.29, 1.82) is 0 Å². The molecule has 0 bridgehead atoms. The summed E-state index contributed by atoms with van der Waals surface area (Å²) in [4.78, 5) is 13.6. The van der Waals surface area contributed by atoms with Crippen LogP contribution in [0.2, 0.25) is 0 Å². The number of rotatable bonds is 5. The summed E-state index contributed by atoms with van der Waals surface area (Å²) >= 11 is 1.77. The SMILES string of the molecule is Cc1ccc(SCc2ccc(C(=O)Nc3ccc(C)cc3O)cc2)cc1. The monoisotopic (exact) mass is 363 g/mol. The summed E-state index contributed by atoms with van der Waals surface area (Å²) in [6, 6.07) is 21.2. The predicted octanol–water partition coefficient (Wildman–Crippen LogP) is 5.55. The minimum Gasteiger partial charge on any atom is -0.506 e. The molecule has 0 aliphatic carbocycles. The molecule has 132 valence electrons.